The third kappa shape index (κ3) is 3.28. The standard InChI is InChI=1S/C23H30Si/c1-17-9-11-21(12-10-17)24-23(15-18(2)19(3)20(23)4)16-22(5)13-7-6-8-14-22/h6-13,15H,14,16,24H2,1-5H3. The van der Waals surface area contributed by atoms with Crippen LogP contribution in [0.5, 0.6) is 0 Å². The number of hydrogen-bond donors (Lipinski definition) is 0. The molecule has 0 radical (unpaired) electrons. The molecule has 0 aromatic heterocycles. The summed E-state index contributed by atoms with van der Waals surface area (Å²) in [5.74, 6) is 0. The number of hydrogen-bond acceptors (Lipinski definition) is 0. The van der Waals surface area contributed by atoms with Gasteiger partial charge in [0.05, 0.1) is 9.52 Å². The Hall–Kier alpha value is -1.60. The van der Waals surface area contributed by atoms with Gasteiger partial charge in [0.15, 0.2) is 0 Å². The summed E-state index contributed by atoms with van der Waals surface area (Å²) in [5.41, 5.74) is 6.27. The van der Waals surface area contributed by atoms with E-state index >= 15 is 0 Å². The van der Waals surface area contributed by atoms with Crippen molar-refractivity contribution in [3.63, 3.8) is 0 Å². The maximum atomic E-state index is 2.61. The Labute approximate surface area is 149 Å². The zero-order valence-corrected chi connectivity index (χ0v) is 17.2. The predicted octanol–water partition coefficient (Wildman–Crippen LogP) is 5.16. The summed E-state index contributed by atoms with van der Waals surface area (Å²) < 4.78 is 0. The number of benzene rings is 1. The summed E-state index contributed by atoms with van der Waals surface area (Å²) in [7, 11) is -0.443. The Morgan fingerprint density at radius 1 is 1.00 bits per heavy atom. The van der Waals surface area contributed by atoms with Gasteiger partial charge in [-0.05, 0) is 51.5 Å². The zero-order chi connectivity index (χ0) is 17.4. The molecule has 0 fully saturated rings. The SMILES string of the molecule is CC1=CC(CC2(C)C=CC=CC2)([SiH2]c2ccc(C)cc2)C(C)=C1C. The molecule has 0 aliphatic heterocycles. The van der Waals surface area contributed by atoms with Crippen LogP contribution in [-0.2, 0) is 0 Å². The largest absolute Gasteiger partial charge is 0.0837 e. The number of rotatable bonds is 4. The lowest BCUT2D eigenvalue weighted by Gasteiger charge is -2.39. The fraction of sp³-hybridized carbons (Fsp3) is 0.391. The van der Waals surface area contributed by atoms with Gasteiger partial charge in [-0.15, -0.1) is 0 Å². The van der Waals surface area contributed by atoms with Crippen LogP contribution in [-0.4, -0.2) is 9.52 Å². The smallest absolute Gasteiger partial charge is 0.0706 e. The first-order valence-corrected chi connectivity index (χ1v) is 10.5. The van der Waals surface area contributed by atoms with Gasteiger partial charge in [0.1, 0.15) is 0 Å². The lowest BCUT2D eigenvalue weighted by atomic mass is 9.74. The molecule has 0 amide bonds. The van der Waals surface area contributed by atoms with Crippen LogP contribution in [0.4, 0.5) is 0 Å². The second kappa shape index (κ2) is 6.37. The monoisotopic (exact) mass is 334 g/mol. The van der Waals surface area contributed by atoms with E-state index in [0.29, 0.717) is 0 Å². The second-order valence-corrected chi connectivity index (χ2v) is 10.6. The van der Waals surface area contributed by atoms with E-state index in [0.717, 1.165) is 6.42 Å². The minimum Gasteiger partial charge on any atom is -0.0837 e. The van der Waals surface area contributed by atoms with Crippen molar-refractivity contribution in [3.8, 4) is 0 Å². The van der Waals surface area contributed by atoms with Crippen molar-refractivity contribution >= 4 is 14.7 Å². The summed E-state index contributed by atoms with van der Waals surface area (Å²) in [6, 6.07) is 9.29. The van der Waals surface area contributed by atoms with Crippen molar-refractivity contribution in [1.29, 1.82) is 0 Å². The predicted molar refractivity (Wildman–Crippen MR) is 110 cm³/mol. The van der Waals surface area contributed by atoms with E-state index in [1.807, 2.05) is 0 Å². The van der Waals surface area contributed by atoms with Crippen LogP contribution in [0.3, 0.4) is 0 Å². The summed E-state index contributed by atoms with van der Waals surface area (Å²) >= 11 is 0. The van der Waals surface area contributed by atoms with Crippen molar-refractivity contribution in [2.24, 2.45) is 5.41 Å². The highest BCUT2D eigenvalue weighted by Crippen LogP contribution is 2.54. The van der Waals surface area contributed by atoms with E-state index in [-0.39, 0.29) is 10.5 Å². The van der Waals surface area contributed by atoms with Crippen molar-refractivity contribution in [2.45, 2.75) is 52.5 Å². The Bertz CT molecular complexity index is 745. The summed E-state index contributed by atoms with van der Waals surface area (Å²) in [6.07, 6.45) is 14.2. The second-order valence-electron chi connectivity index (χ2n) is 8.22. The fourth-order valence-electron chi connectivity index (χ4n) is 4.42. The van der Waals surface area contributed by atoms with Gasteiger partial charge in [0.2, 0.25) is 0 Å². The van der Waals surface area contributed by atoms with Crippen molar-refractivity contribution in [2.75, 3.05) is 0 Å². The summed E-state index contributed by atoms with van der Waals surface area (Å²) in [4.78, 5) is 0. The van der Waals surface area contributed by atoms with E-state index < -0.39 is 9.52 Å². The Morgan fingerprint density at radius 2 is 1.71 bits per heavy atom. The molecule has 126 valence electrons. The number of allylic oxidation sites excluding steroid dienone is 8. The van der Waals surface area contributed by atoms with E-state index in [4.69, 9.17) is 0 Å². The van der Waals surface area contributed by atoms with Crippen LogP contribution in [0.15, 0.2) is 71.4 Å². The molecule has 0 N–H and O–H groups in total. The Kier molecular flexibility index (Phi) is 4.57. The molecular formula is C23H30Si. The van der Waals surface area contributed by atoms with E-state index in [2.05, 4.69) is 89.3 Å². The molecule has 0 bridgehead atoms. The average Bonchev–Trinajstić information content (AvgIpc) is 2.74. The molecule has 3 rings (SSSR count). The van der Waals surface area contributed by atoms with Crippen LogP contribution < -0.4 is 5.19 Å². The first kappa shape index (κ1) is 17.2. The normalized spacial score (nSPS) is 29.8. The van der Waals surface area contributed by atoms with E-state index in [1.165, 1.54) is 23.1 Å². The quantitative estimate of drug-likeness (QED) is 0.667. The molecular weight excluding hydrogens is 304 g/mol. The molecule has 1 aromatic carbocycles. The van der Waals surface area contributed by atoms with Crippen LogP contribution in [0.25, 0.3) is 0 Å². The van der Waals surface area contributed by atoms with Crippen molar-refractivity contribution < 1.29 is 0 Å². The first-order chi connectivity index (χ1) is 11.3. The summed E-state index contributed by atoms with van der Waals surface area (Å²) in [5, 5.41) is 1.87. The summed E-state index contributed by atoms with van der Waals surface area (Å²) in [6.45, 7) is 11.6. The van der Waals surface area contributed by atoms with Gasteiger partial charge in [-0.3, -0.25) is 0 Å². The average molecular weight is 335 g/mol. The Morgan fingerprint density at radius 3 is 2.25 bits per heavy atom. The minimum atomic E-state index is -0.443. The first-order valence-electron chi connectivity index (χ1n) is 9.11. The fourth-order valence-corrected chi connectivity index (χ4v) is 7.26. The van der Waals surface area contributed by atoms with Gasteiger partial charge in [-0.1, -0.05) is 83.5 Å². The molecule has 0 saturated carbocycles. The zero-order valence-electron chi connectivity index (χ0n) is 15.8. The molecule has 1 heteroatoms. The van der Waals surface area contributed by atoms with Crippen LogP contribution >= 0.6 is 0 Å². The molecule has 1 aromatic rings. The molecule has 2 unspecified atom stereocenters. The molecule has 24 heavy (non-hydrogen) atoms. The molecule has 2 aliphatic carbocycles. The molecule has 0 saturated heterocycles. The third-order valence-corrected chi connectivity index (χ3v) is 8.58. The Balaban J connectivity index is 1.98. The van der Waals surface area contributed by atoms with E-state index in [1.54, 1.807) is 10.8 Å². The van der Waals surface area contributed by atoms with Gasteiger partial charge in [0.25, 0.3) is 0 Å². The van der Waals surface area contributed by atoms with Crippen molar-refractivity contribution in [3.05, 3.63) is 76.9 Å². The highest BCUT2D eigenvalue weighted by atomic mass is 28.2. The van der Waals surface area contributed by atoms with Crippen LogP contribution in [0.2, 0.25) is 5.04 Å². The molecule has 0 spiro atoms. The van der Waals surface area contributed by atoms with Gasteiger partial charge < -0.3 is 0 Å². The number of aryl methyl sites for hydroxylation is 1. The highest BCUT2D eigenvalue weighted by molar-refractivity contribution is 6.58. The topological polar surface area (TPSA) is 0 Å². The van der Waals surface area contributed by atoms with Crippen molar-refractivity contribution in [1.82, 2.24) is 0 Å². The maximum absolute atomic E-state index is 2.61. The van der Waals surface area contributed by atoms with Crippen LogP contribution in [0, 0.1) is 12.3 Å². The molecule has 0 nitrogen and oxygen atoms in total. The van der Waals surface area contributed by atoms with Gasteiger partial charge in [-0.25, -0.2) is 0 Å². The highest BCUT2D eigenvalue weighted by Gasteiger charge is 2.41. The minimum absolute atomic E-state index is 0.273. The maximum Gasteiger partial charge on any atom is 0.0706 e. The van der Waals surface area contributed by atoms with Crippen LogP contribution in [0.1, 0.15) is 46.1 Å². The van der Waals surface area contributed by atoms with Gasteiger partial charge in [0, 0.05) is 5.04 Å². The molecule has 2 aliphatic rings. The third-order valence-electron chi connectivity index (χ3n) is 6.08. The molecule has 0 heterocycles. The molecule has 2 atom stereocenters. The van der Waals surface area contributed by atoms with Gasteiger partial charge >= 0.3 is 0 Å². The van der Waals surface area contributed by atoms with Gasteiger partial charge in [-0.2, -0.15) is 0 Å². The van der Waals surface area contributed by atoms with E-state index in [9.17, 15) is 0 Å². The lowest BCUT2D eigenvalue weighted by Crippen LogP contribution is -2.33. The lowest BCUT2D eigenvalue weighted by molar-refractivity contribution is 0.367.